The third-order valence-corrected chi connectivity index (χ3v) is 5.67. The first-order chi connectivity index (χ1) is 12.3. The molecule has 0 atom stereocenters. The van der Waals surface area contributed by atoms with E-state index in [-0.39, 0.29) is 17.3 Å². The molecule has 0 spiro atoms. The maximum Gasteiger partial charge on any atom is 0.242 e. The molecule has 140 valence electrons. The summed E-state index contributed by atoms with van der Waals surface area (Å²) in [6.07, 6.45) is 0. The van der Waals surface area contributed by atoms with Gasteiger partial charge in [-0.15, -0.1) is 0 Å². The maximum absolute atomic E-state index is 13.2. The van der Waals surface area contributed by atoms with Crippen LogP contribution < -0.4 is 10.6 Å². The second kappa shape index (κ2) is 8.77. The summed E-state index contributed by atoms with van der Waals surface area (Å²) in [6, 6.07) is 13.1. The molecule has 6 nitrogen and oxygen atoms in total. The minimum absolute atomic E-state index is 0.248. The lowest BCUT2D eigenvalue weighted by atomic mass is 10.2. The monoisotopic (exact) mass is 378 g/mol. The van der Waals surface area contributed by atoms with Gasteiger partial charge in [-0.1, -0.05) is 30.3 Å². The summed E-state index contributed by atoms with van der Waals surface area (Å²) in [5, 5.41) is 6.16. The first-order valence-corrected chi connectivity index (χ1v) is 9.48. The van der Waals surface area contributed by atoms with Gasteiger partial charge in [-0.05, 0) is 29.3 Å². The van der Waals surface area contributed by atoms with Crippen LogP contribution in [-0.2, 0) is 23.1 Å². The molecule has 0 heterocycles. The normalized spacial score (nSPS) is 12.3. The molecule has 0 aliphatic heterocycles. The number of benzene rings is 2. The average molecular weight is 378 g/mol. The molecule has 0 aromatic heterocycles. The van der Waals surface area contributed by atoms with Gasteiger partial charge in [0.2, 0.25) is 10.0 Å². The Bertz CT molecular complexity index is 882. The van der Waals surface area contributed by atoms with Gasteiger partial charge in [0.1, 0.15) is 5.82 Å². The highest BCUT2D eigenvalue weighted by atomic mass is 32.2. The van der Waals surface area contributed by atoms with Crippen molar-refractivity contribution in [3.05, 3.63) is 65.5 Å². The number of rotatable bonds is 6. The van der Waals surface area contributed by atoms with Crippen LogP contribution >= 0.6 is 0 Å². The standard InChI is InChI=1S/C18H23FN4O2S/c1-20-18(21-12-14-7-6-9-16(19)11-14)22-13-15-8-4-5-10-17(15)26(24,25)23(2)3/h4-11H,12-13H2,1-3H3,(H2,20,21,22). The number of aliphatic imine (C=N–C) groups is 1. The van der Waals surface area contributed by atoms with E-state index in [1.54, 1.807) is 37.4 Å². The van der Waals surface area contributed by atoms with Gasteiger partial charge in [0.25, 0.3) is 0 Å². The van der Waals surface area contributed by atoms with Gasteiger partial charge < -0.3 is 10.6 Å². The van der Waals surface area contributed by atoms with E-state index < -0.39 is 10.0 Å². The van der Waals surface area contributed by atoms with E-state index in [1.165, 1.54) is 30.5 Å². The van der Waals surface area contributed by atoms with Crippen molar-refractivity contribution in [1.29, 1.82) is 0 Å². The fraction of sp³-hybridized carbons (Fsp3) is 0.278. The van der Waals surface area contributed by atoms with E-state index in [0.29, 0.717) is 18.1 Å². The topological polar surface area (TPSA) is 73.8 Å². The van der Waals surface area contributed by atoms with Crippen molar-refractivity contribution in [3.63, 3.8) is 0 Å². The third kappa shape index (κ3) is 5.03. The van der Waals surface area contributed by atoms with E-state index in [1.807, 2.05) is 6.07 Å². The number of halogens is 1. The van der Waals surface area contributed by atoms with E-state index >= 15 is 0 Å². The molecule has 26 heavy (non-hydrogen) atoms. The lowest BCUT2D eigenvalue weighted by Crippen LogP contribution is -2.36. The summed E-state index contributed by atoms with van der Waals surface area (Å²) in [7, 11) is 1.08. The number of guanidine groups is 1. The fourth-order valence-electron chi connectivity index (χ4n) is 2.33. The molecule has 0 bridgehead atoms. The van der Waals surface area contributed by atoms with Crippen molar-refractivity contribution in [2.24, 2.45) is 4.99 Å². The van der Waals surface area contributed by atoms with E-state index in [4.69, 9.17) is 0 Å². The number of hydrogen-bond acceptors (Lipinski definition) is 3. The quantitative estimate of drug-likeness (QED) is 0.595. The molecule has 0 aliphatic rings. The molecule has 0 saturated carbocycles. The van der Waals surface area contributed by atoms with Crippen LogP contribution in [0.4, 0.5) is 4.39 Å². The second-order valence-electron chi connectivity index (χ2n) is 5.80. The van der Waals surface area contributed by atoms with Crippen LogP contribution in [-0.4, -0.2) is 39.8 Å². The van der Waals surface area contributed by atoms with Gasteiger partial charge in [-0.3, -0.25) is 4.99 Å². The third-order valence-electron chi connectivity index (χ3n) is 3.75. The highest BCUT2D eigenvalue weighted by molar-refractivity contribution is 7.89. The molecule has 2 aromatic rings. The molecular weight excluding hydrogens is 355 g/mol. The van der Waals surface area contributed by atoms with Crippen LogP contribution in [0.2, 0.25) is 0 Å². The Morgan fingerprint density at radius 3 is 2.42 bits per heavy atom. The highest BCUT2D eigenvalue weighted by Gasteiger charge is 2.20. The van der Waals surface area contributed by atoms with Crippen LogP contribution in [0.3, 0.4) is 0 Å². The highest BCUT2D eigenvalue weighted by Crippen LogP contribution is 2.18. The number of nitrogens with zero attached hydrogens (tertiary/aromatic N) is 2. The second-order valence-corrected chi connectivity index (χ2v) is 7.92. The van der Waals surface area contributed by atoms with Crippen molar-refractivity contribution < 1.29 is 12.8 Å². The Hall–Kier alpha value is -2.45. The zero-order valence-corrected chi connectivity index (χ0v) is 15.8. The van der Waals surface area contributed by atoms with Crippen molar-refractivity contribution in [1.82, 2.24) is 14.9 Å². The maximum atomic E-state index is 13.2. The molecule has 2 N–H and O–H groups in total. The first kappa shape index (κ1) is 19.9. The van der Waals surface area contributed by atoms with Gasteiger partial charge >= 0.3 is 0 Å². The van der Waals surface area contributed by atoms with Gasteiger partial charge in [0, 0.05) is 34.2 Å². The Labute approximate surface area is 153 Å². The van der Waals surface area contributed by atoms with Crippen molar-refractivity contribution in [2.75, 3.05) is 21.1 Å². The van der Waals surface area contributed by atoms with Crippen LogP contribution in [0.25, 0.3) is 0 Å². The fourth-order valence-corrected chi connectivity index (χ4v) is 3.45. The minimum Gasteiger partial charge on any atom is -0.352 e. The molecule has 0 saturated heterocycles. The number of nitrogens with one attached hydrogen (secondary N) is 2. The van der Waals surface area contributed by atoms with Gasteiger partial charge in [0.05, 0.1) is 4.90 Å². The Morgan fingerprint density at radius 1 is 1.08 bits per heavy atom. The lowest BCUT2D eigenvalue weighted by molar-refractivity contribution is 0.519. The van der Waals surface area contributed by atoms with Gasteiger partial charge in [-0.25, -0.2) is 17.1 Å². The van der Waals surface area contributed by atoms with Crippen molar-refractivity contribution in [2.45, 2.75) is 18.0 Å². The van der Waals surface area contributed by atoms with Crippen LogP contribution in [0.5, 0.6) is 0 Å². The summed E-state index contributed by atoms with van der Waals surface area (Å²) in [5.74, 6) is 0.196. The van der Waals surface area contributed by atoms with Crippen molar-refractivity contribution in [3.8, 4) is 0 Å². The summed E-state index contributed by atoms with van der Waals surface area (Å²) in [4.78, 5) is 4.36. The Kier molecular flexibility index (Phi) is 6.70. The molecule has 2 aromatic carbocycles. The van der Waals surface area contributed by atoms with Crippen LogP contribution in [0.1, 0.15) is 11.1 Å². The van der Waals surface area contributed by atoms with Gasteiger partial charge in [-0.2, -0.15) is 0 Å². The number of sulfonamides is 1. The van der Waals surface area contributed by atoms with E-state index in [0.717, 1.165) is 5.56 Å². The number of hydrogen-bond donors (Lipinski definition) is 2. The minimum atomic E-state index is -3.53. The summed E-state index contributed by atoms with van der Waals surface area (Å²) in [6.45, 7) is 0.682. The predicted molar refractivity (Wildman–Crippen MR) is 101 cm³/mol. The molecule has 0 unspecified atom stereocenters. The van der Waals surface area contributed by atoms with E-state index in [2.05, 4.69) is 15.6 Å². The first-order valence-electron chi connectivity index (χ1n) is 8.04. The average Bonchev–Trinajstić information content (AvgIpc) is 2.62. The van der Waals surface area contributed by atoms with E-state index in [9.17, 15) is 12.8 Å². The molecule has 2 rings (SSSR count). The summed E-state index contributed by atoms with van der Waals surface area (Å²) < 4.78 is 39.3. The summed E-state index contributed by atoms with van der Waals surface area (Å²) in [5.41, 5.74) is 1.42. The molecule has 0 fully saturated rings. The summed E-state index contributed by atoms with van der Waals surface area (Å²) >= 11 is 0. The smallest absolute Gasteiger partial charge is 0.242 e. The molecule has 0 amide bonds. The molecular formula is C18H23FN4O2S. The largest absolute Gasteiger partial charge is 0.352 e. The Balaban J connectivity index is 2.05. The lowest BCUT2D eigenvalue weighted by Gasteiger charge is -2.17. The Morgan fingerprint density at radius 2 is 1.77 bits per heavy atom. The zero-order valence-electron chi connectivity index (χ0n) is 15.0. The molecule has 0 aliphatic carbocycles. The SMILES string of the molecule is CN=C(NCc1cccc(F)c1)NCc1ccccc1S(=O)(=O)N(C)C. The van der Waals surface area contributed by atoms with Crippen LogP contribution in [0.15, 0.2) is 58.4 Å². The van der Waals surface area contributed by atoms with Gasteiger partial charge in [0.15, 0.2) is 5.96 Å². The molecule has 0 radical (unpaired) electrons. The predicted octanol–water partition coefficient (Wildman–Crippen LogP) is 1.94. The van der Waals surface area contributed by atoms with Crippen LogP contribution in [0, 0.1) is 5.82 Å². The zero-order chi connectivity index (χ0) is 19.2. The van der Waals surface area contributed by atoms with Crippen molar-refractivity contribution >= 4 is 16.0 Å². The molecule has 8 heteroatoms.